The summed E-state index contributed by atoms with van der Waals surface area (Å²) in [6.07, 6.45) is 1.94. The van der Waals surface area contributed by atoms with E-state index in [1.165, 1.54) is 10.4 Å². The van der Waals surface area contributed by atoms with Gasteiger partial charge in [0.05, 0.1) is 0 Å². The molecule has 6 nitrogen and oxygen atoms in total. The number of halogens is 1. The number of nitrogens with one attached hydrogen (secondary N) is 2. The Labute approximate surface area is 188 Å². The van der Waals surface area contributed by atoms with Crippen molar-refractivity contribution in [2.24, 2.45) is 16.6 Å². The summed E-state index contributed by atoms with van der Waals surface area (Å²) in [6, 6.07) is 11.9. The van der Waals surface area contributed by atoms with Crippen LogP contribution >= 0.6 is 35.3 Å². The number of benzene rings is 1. The predicted molar refractivity (Wildman–Crippen MR) is 127 cm³/mol. The highest BCUT2D eigenvalue weighted by molar-refractivity contribution is 14.0. The molecule has 154 valence electrons. The molecular weight excluding hydrogens is 487 g/mol. The molecule has 0 aliphatic heterocycles. The lowest BCUT2D eigenvalue weighted by atomic mass is 10.1. The molecule has 2 aromatic rings. The number of hydrogen-bond acceptors (Lipinski definition) is 4. The first-order valence-electron chi connectivity index (χ1n) is 9.03. The molecule has 4 N–H and O–H groups in total. The molecule has 0 aliphatic carbocycles. The zero-order valence-corrected chi connectivity index (χ0v) is 19.5. The van der Waals surface area contributed by atoms with Gasteiger partial charge in [-0.15, -0.1) is 35.3 Å². The first-order chi connectivity index (χ1) is 13.1. The Morgan fingerprint density at radius 3 is 2.61 bits per heavy atom. The average molecular weight is 516 g/mol. The smallest absolute Gasteiger partial charge is 0.255 e. The van der Waals surface area contributed by atoms with Gasteiger partial charge >= 0.3 is 0 Å². The summed E-state index contributed by atoms with van der Waals surface area (Å²) in [5.41, 5.74) is 6.24. The van der Waals surface area contributed by atoms with Crippen LogP contribution in [-0.2, 0) is 17.6 Å². The zero-order chi connectivity index (χ0) is 19.5. The van der Waals surface area contributed by atoms with E-state index in [1.807, 2.05) is 24.3 Å². The second-order valence-electron chi connectivity index (χ2n) is 6.42. The molecular formula is C20H29IN4O2S. The fraction of sp³-hybridized carbons (Fsp3) is 0.400. The van der Waals surface area contributed by atoms with Gasteiger partial charge in [-0.2, -0.15) is 0 Å². The molecule has 0 aliphatic rings. The van der Waals surface area contributed by atoms with E-state index in [0.29, 0.717) is 11.7 Å². The Morgan fingerprint density at radius 2 is 2.00 bits per heavy atom. The minimum absolute atomic E-state index is 0. The number of nitrogens with two attached hydrogens (primary N) is 1. The summed E-state index contributed by atoms with van der Waals surface area (Å²) in [7, 11) is 1.78. The minimum Gasteiger partial charge on any atom is -0.484 e. The van der Waals surface area contributed by atoms with Crippen LogP contribution in [0.4, 0.5) is 0 Å². The summed E-state index contributed by atoms with van der Waals surface area (Å²) in [6.45, 7) is 3.79. The normalized spacial score (nSPS) is 12.0. The van der Waals surface area contributed by atoms with Crippen molar-refractivity contribution in [3.05, 3.63) is 52.2 Å². The van der Waals surface area contributed by atoms with Crippen LogP contribution in [0, 0.1) is 5.92 Å². The number of guanidine groups is 1. The predicted octanol–water partition coefficient (Wildman–Crippen LogP) is 2.82. The van der Waals surface area contributed by atoms with Crippen LogP contribution in [0.1, 0.15) is 17.4 Å². The average Bonchev–Trinajstić information content (AvgIpc) is 3.16. The molecule has 0 bridgehead atoms. The van der Waals surface area contributed by atoms with Crippen LogP contribution in [0.3, 0.4) is 0 Å². The number of primary amides is 1. The van der Waals surface area contributed by atoms with Gasteiger partial charge in [0.15, 0.2) is 12.6 Å². The molecule has 0 saturated heterocycles. The van der Waals surface area contributed by atoms with Crippen molar-refractivity contribution in [2.45, 2.75) is 19.8 Å². The third-order valence-electron chi connectivity index (χ3n) is 3.98. The third kappa shape index (κ3) is 9.41. The number of rotatable bonds is 10. The summed E-state index contributed by atoms with van der Waals surface area (Å²) >= 11 is 1.80. The van der Waals surface area contributed by atoms with E-state index in [9.17, 15) is 4.79 Å². The molecule has 1 atom stereocenters. The molecule has 0 radical (unpaired) electrons. The van der Waals surface area contributed by atoms with E-state index in [4.69, 9.17) is 10.5 Å². The van der Waals surface area contributed by atoms with Crippen molar-refractivity contribution in [1.82, 2.24) is 10.6 Å². The molecule has 8 heteroatoms. The summed E-state index contributed by atoms with van der Waals surface area (Å²) < 4.78 is 5.26. The minimum atomic E-state index is -0.480. The van der Waals surface area contributed by atoms with Gasteiger partial charge in [-0.1, -0.05) is 25.1 Å². The van der Waals surface area contributed by atoms with Gasteiger partial charge < -0.3 is 21.1 Å². The Kier molecular flexibility index (Phi) is 11.6. The SMILES string of the molecule is CN=C(NCCc1ccc(OCC(N)=O)cc1)NCC(C)Cc1cccs1.I. The van der Waals surface area contributed by atoms with Crippen LogP contribution in [0.5, 0.6) is 5.75 Å². The molecule has 28 heavy (non-hydrogen) atoms. The molecule has 2 rings (SSSR count). The van der Waals surface area contributed by atoms with Gasteiger partial charge in [0.25, 0.3) is 5.91 Å². The molecule has 0 saturated carbocycles. The highest BCUT2D eigenvalue weighted by Gasteiger charge is 2.06. The highest BCUT2D eigenvalue weighted by Crippen LogP contribution is 2.14. The number of hydrogen-bond donors (Lipinski definition) is 3. The van der Waals surface area contributed by atoms with Gasteiger partial charge in [0, 0.05) is 25.0 Å². The molecule has 1 aromatic carbocycles. The number of amides is 1. The van der Waals surface area contributed by atoms with Gasteiger partial charge in [0.2, 0.25) is 0 Å². The summed E-state index contributed by atoms with van der Waals surface area (Å²) in [5, 5.41) is 8.84. The second kappa shape index (κ2) is 13.4. The van der Waals surface area contributed by atoms with Crippen LogP contribution in [-0.4, -0.2) is 38.6 Å². The van der Waals surface area contributed by atoms with E-state index >= 15 is 0 Å². The lowest BCUT2D eigenvalue weighted by Crippen LogP contribution is -2.40. The number of nitrogens with zero attached hydrogens (tertiary/aromatic N) is 1. The van der Waals surface area contributed by atoms with Crippen molar-refractivity contribution in [2.75, 3.05) is 26.7 Å². The Balaban J connectivity index is 0.00000392. The molecule has 0 fully saturated rings. The fourth-order valence-corrected chi connectivity index (χ4v) is 3.44. The number of ether oxygens (including phenoxy) is 1. The van der Waals surface area contributed by atoms with E-state index in [0.717, 1.165) is 31.9 Å². The van der Waals surface area contributed by atoms with Gasteiger partial charge in [-0.3, -0.25) is 9.79 Å². The molecule has 1 aromatic heterocycles. The first kappa shape index (κ1) is 24.2. The van der Waals surface area contributed by atoms with E-state index in [2.05, 4.69) is 40.1 Å². The van der Waals surface area contributed by atoms with Crippen molar-refractivity contribution in [3.63, 3.8) is 0 Å². The summed E-state index contributed by atoms with van der Waals surface area (Å²) in [4.78, 5) is 16.4. The monoisotopic (exact) mass is 516 g/mol. The maximum absolute atomic E-state index is 10.7. The second-order valence-corrected chi connectivity index (χ2v) is 7.45. The topological polar surface area (TPSA) is 88.7 Å². The zero-order valence-electron chi connectivity index (χ0n) is 16.3. The summed E-state index contributed by atoms with van der Waals surface area (Å²) in [5.74, 6) is 1.51. The van der Waals surface area contributed by atoms with E-state index in [-0.39, 0.29) is 30.6 Å². The third-order valence-corrected chi connectivity index (χ3v) is 4.88. The van der Waals surface area contributed by atoms with Crippen molar-refractivity contribution in [3.8, 4) is 5.75 Å². The van der Waals surface area contributed by atoms with Crippen LogP contribution in [0.15, 0.2) is 46.8 Å². The molecule has 1 unspecified atom stereocenters. The first-order valence-corrected chi connectivity index (χ1v) is 9.91. The highest BCUT2D eigenvalue weighted by atomic mass is 127. The molecule has 0 spiro atoms. The van der Waals surface area contributed by atoms with Crippen LogP contribution in [0.2, 0.25) is 0 Å². The van der Waals surface area contributed by atoms with Gasteiger partial charge in [0.1, 0.15) is 5.75 Å². The van der Waals surface area contributed by atoms with E-state index < -0.39 is 5.91 Å². The Morgan fingerprint density at radius 1 is 1.25 bits per heavy atom. The largest absolute Gasteiger partial charge is 0.484 e. The Bertz CT molecular complexity index is 720. The quantitative estimate of drug-likeness (QED) is 0.258. The van der Waals surface area contributed by atoms with Crippen molar-refractivity contribution >= 4 is 47.2 Å². The van der Waals surface area contributed by atoms with Crippen LogP contribution < -0.4 is 21.1 Å². The fourth-order valence-electron chi connectivity index (χ4n) is 2.57. The number of aliphatic imine (C=N–C) groups is 1. The number of carbonyl (C=O) groups is 1. The molecule has 1 amide bonds. The van der Waals surface area contributed by atoms with Gasteiger partial charge in [-0.05, 0) is 47.9 Å². The molecule has 1 heterocycles. The van der Waals surface area contributed by atoms with Crippen molar-refractivity contribution in [1.29, 1.82) is 0 Å². The van der Waals surface area contributed by atoms with E-state index in [1.54, 1.807) is 18.4 Å². The maximum Gasteiger partial charge on any atom is 0.255 e. The lowest BCUT2D eigenvalue weighted by molar-refractivity contribution is -0.119. The van der Waals surface area contributed by atoms with Gasteiger partial charge in [-0.25, -0.2) is 0 Å². The maximum atomic E-state index is 10.7. The van der Waals surface area contributed by atoms with Crippen LogP contribution in [0.25, 0.3) is 0 Å². The Hall–Kier alpha value is -1.81. The number of carbonyl (C=O) groups excluding carboxylic acids is 1. The van der Waals surface area contributed by atoms with Crippen molar-refractivity contribution < 1.29 is 9.53 Å². The standard InChI is InChI=1S/C20H28N4O2S.HI/c1-15(12-18-4-3-11-27-18)13-24-20(22-2)23-10-9-16-5-7-17(8-6-16)26-14-19(21)25;/h3-8,11,15H,9-10,12-14H2,1-2H3,(H2,21,25)(H2,22,23,24);1H. The lowest BCUT2D eigenvalue weighted by Gasteiger charge is -2.15. The number of thiophene rings is 1.